The molecule has 3 aromatic carbocycles. The van der Waals surface area contributed by atoms with Crippen molar-refractivity contribution in [2.45, 2.75) is 36.4 Å². The number of alkyl halides is 3. The number of aliphatic carboxylic acids is 1. The molecule has 0 aliphatic carbocycles. The first-order valence-electron chi connectivity index (χ1n) is 9.64. The van der Waals surface area contributed by atoms with E-state index >= 15 is 0 Å². The van der Waals surface area contributed by atoms with Crippen LogP contribution in [-0.4, -0.2) is 17.7 Å². The summed E-state index contributed by atoms with van der Waals surface area (Å²) in [5.41, 5.74) is 1.91. The number of hydrogen-bond donors (Lipinski definition) is 1. The predicted molar refractivity (Wildman–Crippen MR) is 115 cm³/mol. The van der Waals surface area contributed by atoms with E-state index in [9.17, 15) is 18.0 Å². The molecule has 0 aliphatic heterocycles. The number of hydrogen-bond acceptors (Lipinski definition) is 4. The first-order valence-corrected chi connectivity index (χ1v) is 10.5. The fraction of sp³-hybridized carbons (Fsp3) is 0.208. The number of ether oxygens (including phenoxy) is 2. The third-order valence-corrected chi connectivity index (χ3v) is 5.92. The van der Waals surface area contributed by atoms with Gasteiger partial charge in [-0.1, -0.05) is 23.9 Å². The highest BCUT2D eigenvalue weighted by Crippen LogP contribution is 2.35. The van der Waals surface area contributed by atoms with Gasteiger partial charge in [0, 0.05) is 9.79 Å². The molecular formula is C24H21F3O4S. The van der Waals surface area contributed by atoms with Gasteiger partial charge in [0.05, 0.1) is 5.56 Å². The molecule has 0 radical (unpaired) electrons. The minimum Gasteiger partial charge on any atom is -0.489 e. The van der Waals surface area contributed by atoms with Gasteiger partial charge in [-0.3, -0.25) is 0 Å². The van der Waals surface area contributed by atoms with Gasteiger partial charge in [-0.15, -0.1) is 0 Å². The maximum absolute atomic E-state index is 12.7. The van der Waals surface area contributed by atoms with Gasteiger partial charge in [0.15, 0.2) is 6.61 Å². The molecule has 8 heteroatoms. The zero-order valence-electron chi connectivity index (χ0n) is 17.4. The summed E-state index contributed by atoms with van der Waals surface area (Å²) in [6.07, 6.45) is -4.35. The molecular weight excluding hydrogens is 441 g/mol. The molecule has 0 saturated carbocycles. The lowest BCUT2D eigenvalue weighted by Gasteiger charge is -2.13. The second-order valence-electron chi connectivity index (χ2n) is 7.12. The molecule has 0 aromatic heterocycles. The fourth-order valence-electron chi connectivity index (χ4n) is 2.87. The molecule has 0 bridgehead atoms. The molecule has 0 spiro atoms. The van der Waals surface area contributed by atoms with Gasteiger partial charge in [0.1, 0.15) is 18.1 Å². The number of halogens is 3. The third-order valence-electron chi connectivity index (χ3n) is 4.56. The van der Waals surface area contributed by atoms with Crippen molar-refractivity contribution in [3.05, 3.63) is 82.9 Å². The van der Waals surface area contributed by atoms with Crippen LogP contribution in [0.4, 0.5) is 13.2 Å². The summed E-state index contributed by atoms with van der Waals surface area (Å²) in [4.78, 5) is 12.7. The summed E-state index contributed by atoms with van der Waals surface area (Å²) in [5, 5.41) is 8.71. The number of rotatable bonds is 8. The van der Waals surface area contributed by atoms with Crippen LogP contribution in [0, 0.1) is 13.8 Å². The summed E-state index contributed by atoms with van der Waals surface area (Å²) in [5.74, 6) is 0.0937. The fourth-order valence-corrected chi connectivity index (χ4v) is 3.82. The Morgan fingerprint density at radius 2 is 1.41 bits per heavy atom. The third kappa shape index (κ3) is 6.43. The van der Waals surface area contributed by atoms with Gasteiger partial charge in [-0.05, 0) is 79.1 Å². The lowest BCUT2D eigenvalue weighted by molar-refractivity contribution is -0.139. The van der Waals surface area contributed by atoms with Crippen LogP contribution in [0.5, 0.6) is 11.5 Å². The second kappa shape index (κ2) is 9.99. The SMILES string of the molecule is Cc1cc(OCC(=O)O)ccc1Sc1ccc(OCc2ccc(C(F)(F)F)cc2)cc1C. The minimum atomic E-state index is -4.35. The molecule has 0 unspecified atom stereocenters. The van der Waals surface area contributed by atoms with Gasteiger partial charge >= 0.3 is 12.1 Å². The van der Waals surface area contributed by atoms with Crippen molar-refractivity contribution in [1.82, 2.24) is 0 Å². The first-order chi connectivity index (χ1) is 15.1. The minimum absolute atomic E-state index is 0.168. The van der Waals surface area contributed by atoms with E-state index in [1.54, 1.807) is 23.9 Å². The Labute approximate surface area is 188 Å². The Bertz CT molecular complexity index is 1100. The quantitative estimate of drug-likeness (QED) is 0.413. The van der Waals surface area contributed by atoms with Crippen LogP contribution >= 0.6 is 11.8 Å². The molecule has 1 N–H and O–H groups in total. The van der Waals surface area contributed by atoms with Crippen molar-refractivity contribution < 1.29 is 32.5 Å². The van der Waals surface area contributed by atoms with Crippen molar-refractivity contribution >= 4 is 17.7 Å². The monoisotopic (exact) mass is 462 g/mol. The Morgan fingerprint density at radius 3 is 1.88 bits per heavy atom. The van der Waals surface area contributed by atoms with Crippen molar-refractivity contribution in [1.29, 1.82) is 0 Å². The van der Waals surface area contributed by atoms with E-state index < -0.39 is 17.7 Å². The summed E-state index contributed by atoms with van der Waals surface area (Å²) < 4.78 is 48.9. The molecule has 0 fully saturated rings. The van der Waals surface area contributed by atoms with Crippen LogP contribution in [-0.2, 0) is 17.6 Å². The Kier molecular flexibility index (Phi) is 7.35. The maximum Gasteiger partial charge on any atom is 0.416 e. The van der Waals surface area contributed by atoms with Gasteiger partial charge in [-0.25, -0.2) is 4.79 Å². The van der Waals surface area contributed by atoms with Crippen molar-refractivity contribution in [2.24, 2.45) is 0 Å². The topological polar surface area (TPSA) is 55.8 Å². The Morgan fingerprint density at radius 1 is 0.875 bits per heavy atom. The highest BCUT2D eigenvalue weighted by Gasteiger charge is 2.29. The zero-order valence-corrected chi connectivity index (χ0v) is 18.2. The van der Waals surface area contributed by atoms with E-state index in [1.165, 1.54) is 12.1 Å². The van der Waals surface area contributed by atoms with Crippen LogP contribution in [0.2, 0.25) is 0 Å². The molecule has 0 aliphatic rings. The van der Waals surface area contributed by atoms with Crippen molar-refractivity contribution in [2.75, 3.05) is 6.61 Å². The first kappa shape index (κ1) is 23.5. The summed E-state index contributed by atoms with van der Waals surface area (Å²) >= 11 is 1.57. The standard InChI is InChI=1S/C24H21F3O4S/c1-15-11-19(30-13-17-3-5-18(6-4-17)24(25,26)27)7-9-21(15)32-22-10-8-20(12-16(22)2)31-14-23(28)29/h3-12H,13-14H2,1-2H3,(H,28,29). The number of benzene rings is 3. The smallest absolute Gasteiger partial charge is 0.416 e. The molecule has 0 heterocycles. The van der Waals surface area contributed by atoms with Crippen LogP contribution in [0.3, 0.4) is 0 Å². The van der Waals surface area contributed by atoms with Crippen LogP contribution in [0.15, 0.2) is 70.5 Å². The summed E-state index contributed by atoms with van der Waals surface area (Å²) in [6.45, 7) is 3.65. The number of aryl methyl sites for hydroxylation is 2. The zero-order chi connectivity index (χ0) is 23.3. The molecule has 0 atom stereocenters. The van der Waals surface area contributed by atoms with Crippen LogP contribution < -0.4 is 9.47 Å². The van der Waals surface area contributed by atoms with Gasteiger partial charge < -0.3 is 14.6 Å². The molecule has 0 amide bonds. The van der Waals surface area contributed by atoms with Gasteiger partial charge in [0.25, 0.3) is 0 Å². The molecule has 3 rings (SSSR count). The molecule has 0 saturated heterocycles. The number of carboxylic acids is 1. The highest BCUT2D eigenvalue weighted by atomic mass is 32.2. The average Bonchev–Trinajstić information content (AvgIpc) is 2.73. The van der Waals surface area contributed by atoms with E-state index in [-0.39, 0.29) is 13.2 Å². The summed E-state index contributed by atoms with van der Waals surface area (Å²) in [6, 6.07) is 15.9. The normalized spacial score (nSPS) is 11.3. The van der Waals surface area contributed by atoms with E-state index in [0.29, 0.717) is 17.1 Å². The molecule has 32 heavy (non-hydrogen) atoms. The predicted octanol–water partition coefficient (Wildman–Crippen LogP) is 6.52. The average molecular weight is 462 g/mol. The van der Waals surface area contributed by atoms with E-state index in [0.717, 1.165) is 33.1 Å². The van der Waals surface area contributed by atoms with Crippen molar-refractivity contribution in [3.8, 4) is 11.5 Å². The lowest BCUT2D eigenvalue weighted by atomic mass is 10.1. The van der Waals surface area contributed by atoms with Crippen LogP contribution in [0.25, 0.3) is 0 Å². The Balaban J connectivity index is 1.62. The molecule has 168 valence electrons. The largest absolute Gasteiger partial charge is 0.489 e. The second-order valence-corrected chi connectivity index (χ2v) is 8.21. The van der Waals surface area contributed by atoms with Gasteiger partial charge in [-0.2, -0.15) is 13.2 Å². The van der Waals surface area contributed by atoms with E-state index in [2.05, 4.69) is 0 Å². The highest BCUT2D eigenvalue weighted by molar-refractivity contribution is 7.99. The number of carboxylic acid groups (broad SMARTS) is 1. The van der Waals surface area contributed by atoms with E-state index in [1.807, 2.05) is 38.1 Å². The van der Waals surface area contributed by atoms with Gasteiger partial charge in [0.2, 0.25) is 0 Å². The molecule has 3 aromatic rings. The van der Waals surface area contributed by atoms with E-state index in [4.69, 9.17) is 14.6 Å². The maximum atomic E-state index is 12.7. The lowest BCUT2D eigenvalue weighted by Crippen LogP contribution is -2.09. The summed E-state index contributed by atoms with van der Waals surface area (Å²) in [7, 11) is 0. The number of carbonyl (C=O) groups is 1. The Hall–Kier alpha value is -3.13. The molecule has 4 nitrogen and oxygen atoms in total. The van der Waals surface area contributed by atoms with Crippen molar-refractivity contribution in [3.63, 3.8) is 0 Å². The van der Waals surface area contributed by atoms with Crippen LogP contribution in [0.1, 0.15) is 22.3 Å².